The van der Waals surface area contributed by atoms with Crippen molar-refractivity contribution in [3.05, 3.63) is 57.6 Å². The first-order chi connectivity index (χ1) is 9.49. The molecule has 0 aromatic carbocycles. The van der Waals surface area contributed by atoms with Crippen molar-refractivity contribution in [1.82, 2.24) is 9.97 Å². The van der Waals surface area contributed by atoms with Gasteiger partial charge in [-0.25, -0.2) is 4.98 Å². The lowest BCUT2D eigenvalue weighted by Gasteiger charge is -2.15. The Kier molecular flexibility index (Phi) is 5.00. The summed E-state index contributed by atoms with van der Waals surface area (Å²) in [4.78, 5) is 8.43. The van der Waals surface area contributed by atoms with Crippen molar-refractivity contribution in [3.63, 3.8) is 0 Å². The molecule has 0 amide bonds. The minimum absolute atomic E-state index is 0.321. The molecule has 0 N–H and O–H groups in total. The van der Waals surface area contributed by atoms with Crippen LogP contribution in [0.25, 0.3) is 0 Å². The van der Waals surface area contributed by atoms with Gasteiger partial charge in [0.05, 0.1) is 5.02 Å². The highest BCUT2D eigenvalue weighted by Gasteiger charge is 2.14. The van der Waals surface area contributed by atoms with E-state index in [1.807, 2.05) is 30.7 Å². The first-order valence-electron chi connectivity index (χ1n) is 6.72. The van der Waals surface area contributed by atoms with Crippen LogP contribution < -0.4 is 0 Å². The van der Waals surface area contributed by atoms with Gasteiger partial charge in [-0.3, -0.25) is 4.98 Å². The highest BCUT2D eigenvalue weighted by atomic mass is 35.5. The fraction of sp³-hybridized carbons (Fsp3) is 0.375. The second-order valence-corrected chi connectivity index (χ2v) is 6.14. The summed E-state index contributed by atoms with van der Waals surface area (Å²) < 4.78 is 0. The molecular weight excluding hydrogens is 291 g/mol. The molecule has 0 aliphatic rings. The lowest BCUT2D eigenvalue weighted by atomic mass is 9.94. The highest BCUT2D eigenvalue weighted by molar-refractivity contribution is 6.32. The zero-order valence-corrected chi connectivity index (χ0v) is 13.4. The summed E-state index contributed by atoms with van der Waals surface area (Å²) in [7, 11) is 0. The molecule has 1 atom stereocenters. The summed E-state index contributed by atoms with van der Waals surface area (Å²) in [6, 6.07) is 3.82. The van der Waals surface area contributed by atoms with E-state index in [1.165, 1.54) is 0 Å². The predicted octanol–water partition coefficient (Wildman–Crippen LogP) is 5.25. The molecule has 2 aromatic heterocycles. The smallest absolute Gasteiger partial charge is 0.129 e. The average molecular weight is 309 g/mol. The van der Waals surface area contributed by atoms with E-state index in [9.17, 15) is 0 Å². The molecule has 106 valence electrons. The molecule has 0 aliphatic heterocycles. The first-order valence-corrected chi connectivity index (χ1v) is 7.48. The van der Waals surface area contributed by atoms with Crippen LogP contribution in [0.2, 0.25) is 10.2 Å². The van der Waals surface area contributed by atoms with Crippen LogP contribution in [0.15, 0.2) is 30.7 Å². The van der Waals surface area contributed by atoms with Crippen molar-refractivity contribution in [3.8, 4) is 0 Å². The van der Waals surface area contributed by atoms with E-state index in [4.69, 9.17) is 23.2 Å². The molecule has 0 radical (unpaired) electrons. The number of nitrogens with zero attached hydrogens (tertiary/aromatic N) is 2. The van der Waals surface area contributed by atoms with Crippen LogP contribution in [-0.2, 0) is 6.42 Å². The number of aromatic nitrogens is 2. The fourth-order valence-corrected chi connectivity index (χ4v) is 2.68. The normalized spacial score (nSPS) is 12.7. The van der Waals surface area contributed by atoms with Crippen LogP contribution >= 0.6 is 23.2 Å². The maximum absolute atomic E-state index is 6.48. The van der Waals surface area contributed by atoms with E-state index >= 15 is 0 Å². The Morgan fingerprint density at radius 1 is 1.05 bits per heavy atom. The van der Waals surface area contributed by atoms with E-state index in [0.29, 0.717) is 17.0 Å². The summed E-state index contributed by atoms with van der Waals surface area (Å²) in [5, 5.41) is 1.35. The van der Waals surface area contributed by atoms with Gasteiger partial charge in [-0.05, 0) is 41.0 Å². The van der Waals surface area contributed by atoms with Gasteiger partial charge in [0.15, 0.2) is 0 Å². The summed E-state index contributed by atoms with van der Waals surface area (Å²) in [5.41, 5.74) is 3.34. The summed E-state index contributed by atoms with van der Waals surface area (Å²) >= 11 is 12.3. The summed E-state index contributed by atoms with van der Waals surface area (Å²) in [5.74, 6) is 0.698. The first kappa shape index (κ1) is 15.3. The molecular formula is C16H18Cl2N2. The van der Waals surface area contributed by atoms with E-state index < -0.39 is 0 Å². The second kappa shape index (κ2) is 6.55. The van der Waals surface area contributed by atoms with Gasteiger partial charge in [-0.15, -0.1) is 0 Å². The number of halogens is 2. The SMILES string of the molecule is CC(C)c1cncc(CC(C)c2ccc(Cl)nc2)c1Cl. The van der Waals surface area contributed by atoms with Crippen molar-refractivity contribution in [2.45, 2.75) is 39.0 Å². The van der Waals surface area contributed by atoms with Gasteiger partial charge in [0.25, 0.3) is 0 Å². The molecule has 2 aromatic rings. The molecule has 4 heteroatoms. The lowest BCUT2D eigenvalue weighted by Crippen LogP contribution is -2.02. The van der Waals surface area contributed by atoms with Gasteiger partial charge in [-0.1, -0.05) is 50.0 Å². The Morgan fingerprint density at radius 3 is 2.40 bits per heavy atom. The lowest BCUT2D eigenvalue weighted by molar-refractivity contribution is 0.747. The summed E-state index contributed by atoms with van der Waals surface area (Å²) in [6.45, 7) is 6.40. The summed E-state index contributed by atoms with van der Waals surface area (Å²) in [6.07, 6.45) is 6.37. The minimum atomic E-state index is 0.321. The van der Waals surface area contributed by atoms with Crippen LogP contribution in [0, 0.1) is 0 Å². The monoisotopic (exact) mass is 308 g/mol. The molecule has 2 heterocycles. The van der Waals surface area contributed by atoms with Gasteiger partial charge < -0.3 is 0 Å². The third-order valence-corrected chi connectivity index (χ3v) is 4.13. The highest BCUT2D eigenvalue weighted by Crippen LogP contribution is 2.30. The quantitative estimate of drug-likeness (QED) is 0.721. The van der Waals surface area contributed by atoms with E-state index in [-0.39, 0.29) is 0 Å². The zero-order chi connectivity index (χ0) is 14.7. The van der Waals surface area contributed by atoms with Gasteiger partial charge in [0, 0.05) is 18.6 Å². The molecule has 0 saturated carbocycles. The molecule has 20 heavy (non-hydrogen) atoms. The maximum atomic E-state index is 6.48. The number of pyridine rings is 2. The number of rotatable bonds is 4. The molecule has 2 rings (SSSR count). The maximum Gasteiger partial charge on any atom is 0.129 e. The molecule has 1 unspecified atom stereocenters. The Hall–Kier alpha value is -1.12. The van der Waals surface area contributed by atoms with Crippen LogP contribution in [0.1, 0.15) is 49.3 Å². The molecule has 2 nitrogen and oxygen atoms in total. The van der Waals surface area contributed by atoms with Gasteiger partial charge in [0.1, 0.15) is 5.15 Å². The van der Waals surface area contributed by atoms with Crippen LogP contribution in [0.4, 0.5) is 0 Å². The van der Waals surface area contributed by atoms with Crippen LogP contribution in [0.5, 0.6) is 0 Å². The van der Waals surface area contributed by atoms with Crippen LogP contribution in [0.3, 0.4) is 0 Å². The Labute approximate surface area is 130 Å². The number of hydrogen-bond donors (Lipinski definition) is 0. The third kappa shape index (κ3) is 3.50. The molecule has 0 spiro atoms. The van der Waals surface area contributed by atoms with Crippen molar-refractivity contribution < 1.29 is 0 Å². The van der Waals surface area contributed by atoms with E-state index in [1.54, 1.807) is 0 Å². The minimum Gasteiger partial charge on any atom is -0.264 e. The second-order valence-electron chi connectivity index (χ2n) is 5.38. The third-order valence-electron chi connectivity index (χ3n) is 3.45. The van der Waals surface area contributed by atoms with E-state index in [2.05, 4.69) is 30.7 Å². The van der Waals surface area contributed by atoms with E-state index in [0.717, 1.165) is 28.1 Å². The van der Waals surface area contributed by atoms with Crippen molar-refractivity contribution in [1.29, 1.82) is 0 Å². The van der Waals surface area contributed by atoms with Gasteiger partial charge in [0.2, 0.25) is 0 Å². The zero-order valence-electron chi connectivity index (χ0n) is 11.9. The van der Waals surface area contributed by atoms with Crippen molar-refractivity contribution >= 4 is 23.2 Å². The van der Waals surface area contributed by atoms with Crippen molar-refractivity contribution in [2.75, 3.05) is 0 Å². The van der Waals surface area contributed by atoms with Gasteiger partial charge >= 0.3 is 0 Å². The molecule has 0 aliphatic carbocycles. The largest absolute Gasteiger partial charge is 0.264 e. The Bertz CT molecular complexity index is 580. The predicted molar refractivity (Wildman–Crippen MR) is 84.7 cm³/mol. The van der Waals surface area contributed by atoms with Crippen LogP contribution in [-0.4, -0.2) is 9.97 Å². The molecule has 0 bridgehead atoms. The average Bonchev–Trinajstić information content (AvgIpc) is 2.41. The number of hydrogen-bond acceptors (Lipinski definition) is 2. The Balaban J connectivity index is 2.21. The van der Waals surface area contributed by atoms with Gasteiger partial charge in [-0.2, -0.15) is 0 Å². The standard InChI is InChI=1S/C16H18Cl2N2/c1-10(2)14-9-19-7-13(16(14)18)6-11(3)12-4-5-15(17)20-8-12/h4-5,7-11H,6H2,1-3H3. The molecule has 0 saturated heterocycles. The molecule has 0 fully saturated rings. The van der Waals surface area contributed by atoms with Crippen molar-refractivity contribution in [2.24, 2.45) is 0 Å². The Morgan fingerprint density at radius 2 is 1.80 bits per heavy atom. The topological polar surface area (TPSA) is 25.8 Å². The fourth-order valence-electron chi connectivity index (χ4n) is 2.18.